The second-order valence-electron chi connectivity index (χ2n) is 4.18. The van der Waals surface area contributed by atoms with Crippen molar-refractivity contribution >= 4 is 135 Å². The Balaban J connectivity index is -0.0000000296. The van der Waals surface area contributed by atoms with E-state index >= 15 is 0 Å². The average Bonchev–Trinajstić information content (AvgIpc) is 2.48. The molecule has 9 N–H and O–H groups in total. The minimum Gasteiger partial charge on any atom is -1.00 e. The summed E-state index contributed by atoms with van der Waals surface area (Å²) in [5, 5.41) is 25.1. The van der Waals surface area contributed by atoms with E-state index in [0.717, 1.165) is 5.75 Å². The van der Waals surface area contributed by atoms with E-state index in [1.165, 1.54) is 21.6 Å². The van der Waals surface area contributed by atoms with E-state index in [4.69, 9.17) is 32.5 Å². The molecule has 16 heteroatoms. The van der Waals surface area contributed by atoms with Gasteiger partial charge in [-0.05, 0) is 18.4 Å². The molecular formula is C11H32CaMgN3O6PS4. The molecule has 0 heterocycles. The third-order valence-corrected chi connectivity index (χ3v) is 5.28. The minimum absolute atomic E-state index is 0. The van der Waals surface area contributed by atoms with E-state index in [1.54, 1.807) is 11.8 Å². The minimum atomic E-state index is -1.07. The molecule has 4 unspecified atom stereocenters. The van der Waals surface area contributed by atoms with Gasteiger partial charge in [0.1, 0.15) is 18.1 Å². The normalized spacial score (nSPS) is 12.0. The molecule has 27 heavy (non-hydrogen) atoms. The van der Waals surface area contributed by atoms with Gasteiger partial charge in [0.05, 0.1) is 0 Å². The number of nitrogens with two attached hydrogens (primary N) is 3. The molecule has 0 aromatic heterocycles. The fraction of sp³-hybridized carbons (Fsp3) is 0.727. The van der Waals surface area contributed by atoms with E-state index in [-0.39, 0.29) is 101 Å². The van der Waals surface area contributed by atoms with Crippen LogP contribution in [-0.4, -0.2) is 136 Å². The van der Waals surface area contributed by atoms with E-state index in [0.29, 0.717) is 6.42 Å². The topological polar surface area (TPSA) is 190 Å². The van der Waals surface area contributed by atoms with Gasteiger partial charge < -0.3 is 38.2 Å². The van der Waals surface area contributed by atoms with Crippen LogP contribution in [0.25, 0.3) is 0 Å². The van der Waals surface area contributed by atoms with E-state index < -0.39 is 36.0 Å². The maximum Gasteiger partial charge on any atom is 2.00 e. The molecule has 0 aliphatic carbocycles. The van der Waals surface area contributed by atoms with E-state index in [1.807, 2.05) is 6.26 Å². The van der Waals surface area contributed by atoms with Crippen LogP contribution in [0.3, 0.4) is 0 Å². The van der Waals surface area contributed by atoms with Crippen LogP contribution in [-0.2, 0) is 14.4 Å². The van der Waals surface area contributed by atoms with E-state index in [9.17, 15) is 14.4 Å². The van der Waals surface area contributed by atoms with Crippen molar-refractivity contribution in [3.63, 3.8) is 0 Å². The average molecular weight is 526 g/mol. The summed E-state index contributed by atoms with van der Waals surface area (Å²) in [5.41, 5.74) is 15.6. The second kappa shape index (κ2) is 28.1. The molecule has 0 aromatic carbocycles. The summed E-state index contributed by atoms with van der Waals surface area (Å²) >= 11 is 1.60. The summed E-state index contributed by atoms with van der Waals surface area (Å²) in [7, 11) is 2.41. The van der Waals surface area contributed by atoms with Crippen LogP contribution in [0.1, 0.15) is 12.1 Å². The number of aliphatic carboxylic acids is 3. The fourth-order valence-electron chi connectivity index (χ4n) is 0.754. The zero-order chi connectivity index (χ0) is 18.4. The third kappa shape index (κ3) is 30.4. The maximum atomic E-state index is 10.3. The Hall–Kier alpha value is 2.15. The molecule has 4 atom stereocenters. The summed E-state index contributed by atoms with van der Waals surface area (Å²) in [5.74, 6) is -1.78. The van der Waals surface area contributed by atoms with Crippen LogP contribution in [0.4, 0.5) is 0 Å². The third-order valence-electron chi connectivity index (χ3n) is 2.16. The van der Waals surface area contributed by atoms with Gasteiger partial charge in [0, 0.05) is 11.5 Å². The molecule has 0 aliphatic heterocycles. The number of hydrogen-bond acceptors (Lipinski definition) is 9. The van der Waals surface area contributed by atoms with Crippen molar-refractivity contribution in [3.05, 3.63) is 0 Å². The zero-order valence-electron chi connectivity index (χ0n) is 19.2. The molecular weight excluding hydrogens is 494 g/mol. The number of carbonyl (C=O) groups is 3. The predicted octanol–water partition coefficient (Wildman–Crippen LogP) is -0.798. The summed E-state index contributed by atoms with van der Waals surface area (Å²) in [6.07, 6.45) is 2.48. The smallest absolute Gasteiger partial charge is 1.00 e. The van der Waals surface area contributed by atoms with Crippen LogP contribution in [0.15, 0.2) is 0 Å². The summed E-state index contributed by atoms with van der Waals surface area (Å²) < 4.78 is 0. The number of thioether (sulfide) groups is 1. The van der Waals surface area contributed by atoms with Crippen molar-refractivity contribution in [1.82, 2.24) is 0 Å². The maximum absolute atomic E-state index is 10.3. The Labute approximate surface area is 233 Å². The molecule has 0 bridgehead atoms. The molecule has 160 valence electrons. The van der Waals surface area contributed by atoms with Crippen molar-refractivity contribution in [2.75, 3.05) is 23.5 Å². The Morgan fingerprint density at radius 1 is 0.889 bits per heavy atom. The van der Waals surface area contributed by atoms with Crippen LogP contribution in [0.2, 0.25) is 0 Å². The van der Waals surface area contributed by atoms with Gasteiger partial charge in [0.25, 0.3) is 0 Å². The Morgan fingerprint density at radius 3 is 1.41 bits per heavy atom. The van der Waals surface area contributed by atoms with Crippen LogP contribution in [0.5, 0.6) is 0 Å². The van der Waals surface area contributed by atoms with Crippen molar-refractivity contribution < 1.29 is 35.4 Å². The number of carboxylic acid groups (broad SMARTS) is 3. The predicted molar refractivity (Wildman–Crippen MR) is 132 cm³/mol. The van der Waals surface area contributed by atoms with Gasteiger partial charge >= 0.3 is 78.7 Å². The first-order valence-corrected chi connectivity index (χ1v) is 10.2. The van der Waals surface area contributed by atoms with Crippen molar-refractivity contribution in [2.24, 2.45) is 17.2 Å². The quantitative estimate of drug-likeness (QED) is 0.0853. The monoisotopic (exact) mass is 525 g/mol. The van der Waals surface area contributed by atoms with Crippen LogP contribution >= 0.6 is 56.7 Å². The zero-order valence-corrected chi connectivity index (χ0v) is 23.7. The van der Waals surface area contributed by atoms with Gasteiger partial charge in [-0.15, -0.1) is 0 Å². The van der Waals surface area contributed by atoms with Crippen molar-refractivity contribution in [3.8, 4) is 0 Å². The van der Waals surface area contributed by atoms with Crippen LogP contribution < -0.4 is 17.2 Å². The SMILES string of the molecule is CSCCC(N)C(=O)O.NC(CSSCC(N)C(=O)O)C(=O)O.P.S.[Ca+2].[H-].[H-].[H-].[H-].[Mg+2]. The number of carboxylic acids is 3. The van der Waals surface area contributed by atoms with Gasteiger partial charge in [-0.25, -0.2) is 0 Å². The number of hydrogen-bond donors (Lipinski definition) is 6. The van der Waals surface area contributed by atoms with Gasteiger partial charge in [-0.2, -0.15) is 35.2 Å². The first-order valence-electron chi connectivity index (χ1n) is 6.31. The van der Waals surface area contributed by atoms with Crippen molar-refractivity contribution in [1.29, 1.82) is 0 Å². The van der Waals surface area contributed by atoms with Gasteiger partial charge in [0.15, 0.2) is 0 Å². The summed E-state index contributed by atoms with van der Waals surface area (Å²) in [6.45, 7) is 0. The van der Waals surface area contributed by atoms with Gasteiger partial charge in [-0.1, -0.05) is 21.6 Å². The molecule has 0 saturated heterocycles. The molecule has 0 aliphatic rings. The summed E-state index contributed by atoms with van der Waals surface area (Å²) in [4.78, 5) is 30.6. The fourth-order valence-corrected chi connectivity index (χ4v) is 3.47. The Morgan fingerprint density at radius 2 is 1.19 bits per heavy atom. The summed E-state index contributed by atoms with van der Waals surface area (Å²) in [6, 6.07) is -2.53. The van der Waals surface area contributed by atoms with Crippen LogP contribution in [0, 0.1) is 0 Å². The first kappa shape index (κ1) is 43.1. The largest absolute Gasteiger partial charge is 2.00 e. The van der Waals surface area contributed by atoms with Gasteiger partial charge in [0.2, 0.25) is 0 Å². The van der Waals surface area contributed by atoms with Gasteiger partial charge in [-0.3, -0.25) is 14.4 Å². The molecule has 0 aromatic rings. The molecule has 0 rings (SSSR count). The molecule has 0 fully saturated rings. The molecule has 0 spiro atoms. The molecule has 0 saturated carbocycles. The molecule has 9 nitrogen and oxygen atoms in total. The Kier molecular flexibility index (Phi) is 44.9. The Bertz CT molecular complexity index is 391. The second-order valence-corrected chi connectivity index (χ2v) is 7.72. The van der Waals surface area contributed by atoms with E-state index in [2.05, 4.69) is 0 Å². The van der Waals surface area contributed by atoms with Crippen molar-refractivity contribution in [2.45, 2.75) is 24.5 Å². The standard InChI is InChI=1S/C6H12N2O4S2.C5H11NO2S.Ca.Mg.H3P.H2S.4H/c7-3(5(9)10)1-13-14-2-4(8)6(11)12;1-9-3-2-4(6)5(7)8;;;;;;;;/h3-4H,1-2,7-8H2,(H,9,10)(H,11,12);4H,2-3,6H2,1H3,(H,7,8);;;1H3;1H2;;;;/q;;2*+2;;;4*-1. The molecule has 0 radical (unpaired) electrons. The molecule has 0 amide bonds. The first-order chi connectivity index (χ1) is 10.6. The number of rotatable bonds is 11.